The number of fused-ring (bicyclic) bond motifs is 4. The maximum Gasteiger partial charge on any atom is 0.241 e. The number of aromatic hydroxyl groups is 1. The molecule has 2 aromatic carbocycles. The van der Waals surface area contributed by atoms with Gasteiger partial charge in [-0.05, 0) is 82.9 Å². The molecule has 0 spiro atoms. The van der Waals surface area contributed by atoms with E-state index in [1.807, 2.05) is 26.8 Å². The molecule has 2 saturated heterocycles. The second kappa shape index (κ2) is 9.13. The Kier molecular flexibility index (Phi) is 6.22. The number of likely N-dealkylation sites (tertiary alicyclic amines) is 1. The lowest BCUT2D eigenvalue weighted by atomic mass is 9.51. The van der Waals surface area contributed by atoms with Gasteiger partial charge in [0.1, 0.15) is 11.6 Å². The SMILES string of the molecule is CC12C(=O)N(c3ccc(F)c(Cl)c3)C(=O)C1CC1C(=CCC3C(=O)N(C(C)(C)C)C(=O)C31)C2c1cc(Cl)ccc1O. The molecule has 6 unspecified atom stereocenters. The van der Waals surface area contributed by atoms with E-state index in [2.05, 4.69) is 0 Å². The van der Waals surface area contributed by atoms with Gasteiger partial charge in [0.25, 0.3) is 0 Å². The van der Waals surface area contributed by atoms with E-state index in [9.17, 15) is 28.7 Å². The molecule has 214 valence electrons. The van der Waals surface area contributed by atoms with Crippen molar-refractivity contribution in [2.45, 2.75) is 52.0 Å². The van der Waals surface area contributed by atoms with Crippen LogP contribution in [0.2, 0.25) is 10.0 Å². The van der Waals surface area contributed by atoms with E-state index >= 15 is 0 Å². The van der Waals surface area contributed by atoms with Crippen LogP contribution < -0.4 is 4.90 Å². The summed E-state index contributed by atoms with van der Waals surface area (Å²) < 4.78 is 14.0. The highest BCUT2D eigenvalue weighted by atomic mass is 35.5. The summed E-state index contributed by atoms with van der Waals surface area (Å²) in [5.41, 5.74) is -0.859. The minimum atomic E-state index is -1.37. The molecule has 2 aromatic rings. The Labute approximate surface area is 246 Å². The normalized spacial score (nSPS) is 31.3. The standard InChI is InChI=1S/C31H29Cl2FN2O5/c1-30(2,3)36-26(38)17-8-7-16-18(24(17)28(36)40)13-20-27(39)35(15-6-9-22(34)21(33)12-15)29(41)31(20,4)25(16)19-11-14(32)5-10-23(19)37/h5-7,9-12,17-18,20,24-25,37H,8,13H2,1-4H3. The van der Waals surface area contributed by atoms with Crippen LogP contribution in [0.15, 0.2) is 48.0 Å². The zero-order valence-electron chi connectivity index (χ0n) is 23.0. The molecule has 6 rings (SSSR count). The Bertz CT molecular complexity index is 1580. The van der Waals surface area contributed by atoms with Gasteiger partial charge in [0.2, 0.25) is 23.6 Å². The fourth-order valence-corrected chi connectivity index (χ4v) is 8.00. The molecule has 0 aromatic heterocycles. The first kappa shape index (κ1) is 27.9. The molecule has 6 atom stereocenters. The molecule has 4 aliphatic rings. The van der Waals surface area contributed by atoms with E-state index < -0.39 is 58.2 Å². The highest BCUT2D eigenvalue weighted by Gasteiger charge is 2.68. The van der Waals surface area contributed by atoms with Crippen LogP contribution in [0.4, 0.5) is 10.1 Å². The van der Waals surface area contributed by atoms with Gasteiger partial charge in [-0.25, -0.2) is 9.29 Å². The number of carbonyl (C=O) groups excluding carboxylic acids is 4. The lowest BCUT2D eigenvalue weighted by molar-refractivity contribution is -0.145. The number of phenolic OH excluding ortho intramolecular Hbond substituents is 1. The average Bonchev–Trinajstić information content (AvgIpc) is 3.27. The van der Waals surface area contributed by atoms with E-state index in [1.165, 1.54) is 29.2 Å². The van der Waals surface area contributed by atoms with Crippen molar-refractivity contribution in [1.82, 2.24) is 4.90 Å². The summed E-state index contributed by atoms with van der Waals surface area (Å²) in [6.07, 6.45) is 2.37. The Hall–Kier alpha value is -3.23. The number of halogens is 3. The van der Waals surface area contributed by atoms with Crippen LogP contribution in [0.25, 0.3) is 0 Å². The van der Waals surface area contributed by atoms with Crippen molar-refractivity contribution in [3.8, 4) is 5.75 Å². The number of anilines is 1. The van der Waals surface area contributed by atoms with E-state index in [4.69, 9.17) is 23.2 Å². The number of nitrogens with zero attached hydrogens (tertiary/aromatic N) is 2. The minimum Gasteiger partial charge on any atom is -0.508 e. The second-order valence-electron chi connectivity index (χ2n) is 12.6. The van der Waals surface area contributed by atoms with Crippen LogP contribution in [0.1, 0.15) is 52.0 Å². The molecular formula is C31H29Cl2FN2O5. The zero-order valence-corrected chi connectivity index (χ0v) is 24.5. The van der Waals surface area contributed by atoms with Gasteiger partial charge in [-0.3, -0.25) is 24.1 Å². The summed E-state index contributed by atoms with van der Waals surface area (Å²) in [5, 5.41) is 11.2. The quantitative estimate of drug-likeness (QED) is 0.345. The molecule has 0 bridgehead atoms. The first-order valence-corrected chi connectivity index (χ1v) is 14.3. The molecule has 10 heteroatoms. The monoisotopic (exact) mass is 598 g/mol. The van der Waals surface area contributed by atoms with Crippen molar-refractivity contribution < 1.29 is 28.7 Å². The van der Waals surface area contributed by atoms with E-state index in [-0.39, 0.29) is 34.7 Å². The van der Waals surface area contributed by atoms with Gasteiger partial charge in [-0.2, -0.15) is 0 Å². The smallest absolute Gasteiger partial charge is 0.241 e. The number of allylic oxidation sites excluding steroid dienone is 2. The summed E-state index contributed by atoms with van der Waals surface area (Å²) in [6.45, 7) is 7.12. The molecule has 3 fully saturated rings. The van der Waals surface area contributed by atoms with Crippen LogP contribution in [-0.2, 0) is 19.2 Å². The molecule has 41 heavy (non-hydrogen) atoms. The highest BCUT2D eigenvalue weighted by Crippen LogP contribution is 2.64. The maximum absolute atomic E-state index is 14.3. The molecule has 1 saturated carbocycles. The summed E-state index contributed by atoms with van der Waals surface area (Å²) in [5.74, 6) is -5.85. The lowest BCUT2D eigenvalue weighted by Crippen LogP contribution is -2.49. The molecule has 0 radical (unpaired) electrons. The van der Waals surface area contributed by atoms with Gasteiger partial charge in [0.05, 0.1) is 33.9 Å². The Morgan fingerprint density at radius 3 is 2.34 bits per heavy atom. The van der Waals surface area contributed by atoms with E-state index in [0.717, 1.165) is 16.5 Å². The van der Waals surface area contributed by atoms with Crippen molar-refractivity contribution in [2.24, 2.45) is 29.1 Å². The third-order valence-corrected chi connectivity index (χ3v) is 9.93. The molecule has 7 nitrogen and oxygen atoms in total. The van der Waals surface area contributed by atoms with Crippen LogP contribution in [-0.4, -0.2) is 39.2 Å². The summed E-state index contributed by atoms with van der Waals surface area (Å²) >= 11 is 12.4. The van der Waals surface area contributed by atoms with Crippen molar-refractivity contribution in [2.75, 3.05) is 4.90 Å². The van der Waals surface area contributed by atoms with Gasteiger partial charge >= 0.3 is 0 Å². The average molecular weight is 599 g/mol. The Morgan fingerprint density at radius 2 is 1.68 bits per heavy atom. The molecule has 2 aliphatic carbocycles. The highest BCUT2D eigenvalue weighted by molar-refractivity contribution is 6.32. The van der Waals surface area contributed by atoms with Gasteiger partial charge in [0, 0.05) is 22.0 Å². The predicted octanol–water partition coefficient (Wildman–Crippen LogP) is 5.87. The number of carbonyl (C=O) groups is 4. The van der Waals surface area contributed by atoms with Crippen LogP contribution >= 0.6 is 23.2 Å². The number of phenols is 1. The molecule has 2 aliphatic heterocycles. The Balaban J connectivity index is 1.54. The number of benzene rings is 2. The van der Waals surface area contributed by atoms with Gasteiger partial charge < -0.3 is 5.11 Å². The fraction of sp³-hybridized carbons (Fsp3) is 0.419. The van der Waals surface area contributed by atoms with Crippen molar-refractivity contribution in [3.63, 3.8) is 0 Å². The number of hydrogen-bond acceptors (Lipinski definition) is 5. The van der Waals surface area contributed by atoms with Gasteiger partial charge in [0.15, 0.2) is 0 Å². The van der Waals surface area contributed by atoms with E-state index in [0.29, 0.717) is 17.0 Å². The largest absolute Gasteiger partial charge is 0.508 e. The topological polar surface area (TPSA) is 95.0 Å². The number of amides is 4. The van der Waals surface area contributed by atoms with Crippen molar-refractivity contribution >= 4 is 52.5 Å². The number of hydrogen-bond donors (Lipinski definition) is 1. The first-order chi connectivity index (χ1) is 19.2. The third kappa shape index (κ3) is 3.83. The lowest BCUT2D eigenvalue weighted by Gasteiger charge is -2.49. The van der Waals surface area contributed by atoms with Crippen LogP contribution in [0.3, 0.4) is 0 Å². The molecule has 1 N–H and O–H groups in total. The third-order valence-electron chi connectivity index (χ3n) is 9.41. The van der Waals surface area contributed by atoms with E-state index in [1.54, 1.807) is 13.0 Å². The van der Waals surface area contributed by atoms with Gasteiger partial charge in [-0.1, -0.05) is 34.9 Å². The summed E-state index contributed by atoms with van der Waals surface area (Å²) in [7, 11) is 0. The predicted molar refractivity (Wildman–Crippen MR) is 151 cm³/mol. The maximum atomic E-state index is 14.3. The van der Waals surface area contributed by atoms with Gasteiger partial charge in [-0.15, -0.1) is 0 Å². The van der Waals surface area contributed by atoms with Crippen LogP contribution in [0, 0.1) is 34.9 Å². The first-order valence-electron chi connectivity index (χ1n) is 13.6. The zero-order chi connectivity index (χ0) is 29.8. The van der Waals surface area contributed by atoms with Crippen LogP contribution in [0.5, 0.6) is 5.75 Å². The Morgan fingerprint density at radius 1 is 0.976 bits per heavy atom. The van der Waals surface area contributed by atoms with Crippen molar-refractivity contribution in [1.29, 1.82) is 0 Å². The molecular weight excluding hydrogens is 570 g/mol. The molecule has 2 heterocycles. The summed E-state index contributed by atoms with van der Waals surface area (Å²) in [4.78, 5) is 58.2. The van der Waals surface area contributed by atoms with Crippen molar-refractivity contribution in [3.05, 3.63) is 69.5 Å². The number of rotatable bonds is 2. The minimum absolute atomic E-state index is 0.100. The molecule has 4 amide bonds. The summed E-state index contributed by atoms with van der Waals surface area (Å²) in [6, 6.07) is 8.21. The second-order valence-corrected chi connectivity index (χ2v) is 13.5. The fourth-order valence-electron chi connectivity index (χ4n) is 7.65. The number of imide groups is 2.